The molecule has 0 amide bonds. The average molecular weight is 651 g/mol. The Labute approximate surface area is 298 Å². The van der Waals surface area contributed by atoms with Crippen LogP contribution in [-0.2, 0) is 0 Å². The number of pyridine rings is 1. The third-order valence-electron chi connectivity index (χ3n) is 9.73. The summed E-state index contributed by atoms with van der Waals surface area (Å²) >= 11 is 0. The van der Waals surface area contributed by atoms with Gasteiger partial charge in [0.2, 0.25) is 0 Å². The molecule has 1 heterocycles. The third-order valence-corrected chi connectivity index (χ3v) is 9.73. The molecule has 0 aliphatic rings. The van der Waals surface area contributed by atoms with Crippen molar-refractivity contribution >= 4 is 38.7 Å². The van der Waals surface area contributed by atoms with E-state index in [1.54, 1.807) is 0 Å². The third kappa shape index (κ3) is 5.53. The highest BCUT2D eigenvalue weighted by atomic mass is 15.2. The second kappa shape index (κ2) is 13.3. The monoisotopic (exact) mass is 650 g/mol. The van der Waals surface area contributed by atoms with Gasteiger partial charge in [-0.15, -0.1) is 0 Å². The van der Waals surface area contributed by atoms with Crippen LogP contribution in [0.2, 0.25) is 0 Å². The zero-order chi connectivity index (χ0) is 34.0. The van der Waals surface area contributed by atoms with E-state index < -0.39 is 0 Å². The molecule has 0 fully saturated rings. The van der Waals surface area contributed by atoms with Crippen molar-refractivity contribution in [1.29, 1.82) is 0 Å². The molecule has 8 aromatic carbocycles. The quantitative estimate of drug-likeness (QED) is 0.160. The minimum Gasteiger partial charge on any atom is -0.294 e. The highest BCUT2D eigenvalue weighted by molar-refractivity contribution is 6.22. The molecule has 0 saturated carbocycles. The first-order valence-corrected chi connectivity index (χ1v) is 17.4. The molecule has 2 nitrogen and oxygen atoms in total. The van der Waals surface area contributed by atoms with Crippen LogP contribution in [0.1, 0.15) is 0 Å². The molecule has 2 heteroatoms. The molecule has 0 saturated heterocycles. The van der Waals surface area contributed by atoms with Crippen molar-refractivity contribution < 1.29 is 0 Å². The van der Waals surface area contributed by atoms with Crippen LogP contribution >= 0.6 is 0 Å². The summed E-state index contributed by atoms with van der Waals surface area (Å²) in [7, 11) is 0. The number of anilines is 3. The minimum atomic E-state index is 0.867. The molecular formula is C49H34N2. The predicted octanol–water partition coefficient (Wildman–Crippen LogP) is 13.5. The second-order valence-electron chi connectivity index (χ2n) is 12.7. The van der Waals surface area contributed by atoms with Gasteiger partial charge in [-0.1, -0.05) is 170 Å². The lowest BCUT2D eigenvalue weighted by atomic mass is 9.84. The van der Waals surface area contributed by atoms with Crippen LogP contribution in [0.3, 0.4) is 0 Å². The van der Waals surface area contributed by atoms with E-state index in [0.717, 1.165) is 28.3 Å². The summed E-state index contributed by atoms with van der Waals surface area (Å²) in [4.78, 5) is 7.08. The average Bonchev–Trinajstić information content (AvgIpc) is 3.22. The van der Waals surface area contributed by atoms with Crippen molar-refractivity contribution in [1.82, 2.24) is 4.98 Å². The van der Waals surface area contributed by atoms with E-state index in [4.69, 9.17) is 4.98 Å². The number of rotatable bonds is 7. The van der Waals surface area contributed by atoms with Gasteiger partial charge in [0.1, 0.15) is 5.82 Å². The van der Waals surface area contributed by atoms with Crippen LogP contribution in [-0.4, -0.2) is 4.98 Å². The summed E-state index contributed by atoms with van der Waals surface area (Å²) in [6.45, 7) is 0. The lowest BCUT2D eigenvalue weighted by Crippen LogP contribution is -2.12. The smallest absolute Gasteiger partial charge is 0.137 e. The lowest BCUT2D eigenvalue weighted by Gasteiger charge is -2.27. The van der Waals surface area contributed by atoms with Crippen molar-refractivity contribution in [3.63, 3.8) is 0 Å². The van der Waals surface area contributed by atoms with Gasteiger partial charge in [0.15, 0.2) is 0 Å². The van der Waals surface area contributed by atoms with Gasteiger partial charge in [0, 0.05) is 17.4 Å². The first-order chi connectivity index (χ1) is 25.3. The SMILES string of the molecule is c1ccc(-c2ccccc2-c2c3ccccc3c(-c3ccc(N(c4ccccn4)c4ccccc4-c4ccccc4)cc3)c3ccccc23)cc1. The standard InChI is InChI=1S/C49H34N2/c1-3-17-35(18-4-1)39-21-7-8-23-41(39)49-44-26-11-9-24-42(44)48(43-25-10-12-27-45(43)49)37-30-32-38(33-31-37)51(47-29-15-16-34-50-47)46-28-14-13-22-40(46)36-19-5-2-6-20-36/h1-34H. The minimum absolute atomic E-state index is 0.867. The molecule has 1 aromatic heterocycles. The van der Waals surface area contributed by atoms with Gasteiger partial charge in [-0.2, -0.15) is 0 Å². The van der Waals surface area contributed by atoms with Gasteiger partial charge in [-0.05, 0) is 90.8 Å². The fourth-order valence-electron chi connectivity index (χ4n) is 7.49. The van der Waals surface area contributed by atoms with Crippen molar-refractivity contribution in [2.45, 2.75) is 0 Å². The number of benzene rings is 8. The van der Waals surface area contributed by atoms with Crippen LogP contribution in [0.5, 0.6) is 0 Å². The van der Waals surface area contributed by atoms with Crippen molar-refractivity contribution in [3.05, 3.63) is 206 Å². The largest absolute Gasteiger partial charge is 0.294 e. The van der Waals surface area contributed by atoms with Gasteiger partial charge in [-0.3, -0.25) is 4.90 Å². The van der Waals surface area contributed by atoms with E-state index in [9.17, 15) is 0 Å². The first-order valence-electron chi connectivity index (χ1n) is 17.4. The fourth-order valence-corrected chi connectivity index (χ4v) is 7.49. The molecule has 0 aliphatic carbocycles. The molecule has 0 atom stereocenters. The number of fused-ring (bicyclic) bond motifs is 2. The van der Waals surface area contributed by atoms with Crippen LogP contribution < -0.4 is 4.90 Å². The molecule has 0 spiro atoms. The predicted molar refractivity (Wildman–Crippen MR) is 216 cm³/mol. The molecule has 0 bridgehead atoms. The molecule has 0 aliphatic heterocycles. The van der Waals surface area contributed by atoms with Gasteiger partial charge < -0.3 is 0 Å². The topological polar surface area (TPSA) is 16.1 Å². The molecule has 0 unspecified atom stereocenters. The zero-order valence-electron chi connectivity index (χ0n) is 28.0. The Kier molecular flexibility index (Phi) is 7.88. The van der Waals surface area contributed by atoms with E-state index in [2.05, 4.69) is 193 Å². The van der Waals surface area contributed by atoms with Gasteiger partial charge in [0.05, 0.1) is 5.69 Å². The summed E-state index contributed by atoms with van der Waals surface area (Å²) in [5, 5.41) is 4.95. The number of nitrogens with zero attached hydrogens (tertiary/aromatic N) is 2. The number of aromatic nitrogens is 1. The molecular weight excluding hydrogens is 617 g/mol. The Morgan fingerprint density at radius 3 is 1.37 bits per heavy atom. The molecule has 0 radical (unpaired) electrons. The number of hydrogen-bond acceptors (Lipinski definition) is 2. The van der Waals surface area contributed by atoms with E-state index >= 15 is 0 Å². The number of hydrogen-bond donors (Lipinski definition) is 0. The molecule has 0 N–H and O–H groups in total. The molecule has 240 valence electrons. The fraction of sp³-hybridized carbons (Fsp3) is 0. The zero-order valence-corrected chi connectivity index (χ0v) is 28.0. The van der Waals surface area contributed by atoms with E-state index in [1.807, 2.05) is 18.3 Å². The van der Waals surface area contributed by atoms with Gasteiger partial charge in [-0.25, -0.2) is 4.98 Å². The second-order valence-corrected chi connectivity index (χ2v) is 12.7. The number of para-hydroxylation sites is 1. The molecule has 9 rings (SSSR count). The van der Waals surface area contributed by atoms with E-state index in [0.29, 0.717) is 0 Å². The van der Waals surface area contributed by atoms with Crippen LogP contribution in [0.4, 0.5) is 17.2 Å². The summed E-state index contributed by atoms with van der Waals surface area (Å²) in [6, 6.07) is 71.5. The van der Waals surface area contributed by atoms with Crippen molar-refractivity contribution in [3.8, 4) is 44.5 Å². The Balaban J connectivity index is 1.23. The maximum atomic E-state index is 4.82. The van der Waals surface area contributed by atoms with Crippen LogP contribution in [0, 0.1) is 0 Å². The highest BCUT2D eigenvalue weighted by Gasteiger charge is 2.21. The van der Waals surface area contributed by atoms with Gasteiger partial charge in [0.25, 0.3) is 0 Å². The Morgan fingerprint density at radius 1 is 0.314 bits per heavy atom. The Hall–Kier alpha value is -6.77. The van der Waals surface area contributed by atoms with Crippen LogP contribution in [0.15, 0.2) is 206 Å². The molecule has 51 heavy (non-hydrogen) atoms. The summed E-state index contributed by atoms with van der Waals surface area (Å²) in [5.41, 5.74) is 11.8. The Morgan fingerprint density at radius 2 is 0.784 bits per heavy atom. The normalized spacial score (nSPS) is 11.1. The van der Waals surface area contributed by atoms with E-state index in [-0.39, 0.29) is 0 Å². The van der Waals surface area contributed by atoms with Crippen molar-refractivity contribution in [2.24, 2.45) is 0 Å². The first kappa shape index (κ1) is 30.3. The van der Waals surface area contributed by atoms with Crippen LogP contribution in [0.25, 0.3) is 66.1 Å². The maximum Gasteiger partial charge on any atom is 0.137 e. The van der Waals surface area contributed by atoms with Crippen molar-refractivity contribution in [2.75, 3.05) is 4.90 Å². The lowest BCUT2D eigenvalue weighted by molar-refractivity contribution is 1.18. The summed E-state index contributed by atoms with van der Waals surface area (Å²) in [6.07, 6.45) is 1.86. The molecule has 9 aromatic rings. The Bertz CT molecular complexity index is 2560. The summed E-state index contributed by atoms with van der Waals surface area (Å²) in [5.74, 6) is 0.867. The highest BCUT2D eigenvalue weighted by Crippen LogP contribution is 2.47. The van der Waals surface area contributed by atoms with E-state index in [1.165, 1.54) is 54.9 Å². The maximum absolute atomic E-state index is 4.82. The van der Waals surface area contributed by atoms with Gasteiger partial charge >= 0.3 is 0 Å². The summed E-state index contributed by atoms with van der Waals surface area (Å²) < 4.78 is 0.